The molecule has 1 atom stereocenters. The molecular formula is C10H24O2Si. The highest BCUT2D eigenvalue weighted by molar-refractivity contribution is 6.46. The molecule has 80 valence electrons. The van der Waals surface area contributed by atoms with Crippen LogP contribution in [-0.4, -0.2) is 22.5 Å². The van der Waals surface area contributed by atoms with Crippen LogP contribution in [0.2, 0.25) is 5.54 Å². The Morgan fingerprint density at radius 3 is 1.85 bits per heavy atom. The maximum Gasteiger partial charge on any atom is 0.324 e. The zero-order valence-corrected chi connectivity index (χ0v) is 10.7. The smallest absolute Gasteiger partial charge is 0.324 e. The van der Waals surface area contributed by atoms with Gasteiger partial charge in [0.15, 0.2) is 0 Å². The molecule has 0 rings (SSSR count). The summed E-state index contributed by atoms with van der Waals surface area (Å²) >= 11 is 0. The van der Waals surface area contributed by atoms with E-state index in [4.69, 9.17) is 8.85 Å². The molecule has 0 fully saturated rings. The molecular weight excluding hydrogens is 180 g/mol. The van der Waals surface area contributed by atoms with Crippen molar-refractivity contribution in [2.75, 3.05) is 13.2 Å². The molecule has 0 saturated heterocycles. The van der Waals surface area contributed by atoms with E-state index < -0.39 is 9.28 Å². The van der Waals surface area contributed by atoms with Gasteiger partial charge in [-0.05, 0) is 25.8 Å². The summed E-state index contributed by atoms with van der Waals surface area (Å²) in [6.45, 7) is 10.2. The minimum atomic E-state index is -1.37. The molecule has 1 unspecified atom stereocenters. The van der Waals surface area contributed by atoms with Crippen LogP contribution in [0.25, 0.3) is 0 Å². The van der Waals surface area contributed by atoms with E-state index in [9.17, 15) is 0 Å². The monoisotopic (exact) mass is 204 g/mol. The Balaban J connectivity index is 3.94. The lowest BCUT2D eigenvalue weighted by Gasteiger charge is -2.23. The summed E-state index contributed by atoms with van der Waals surface area (Å²) in [5, 5.41) is 0. The average molecular weight is 204 g/mol. The van der Waals surface area contributed by atoms with Gasteiger partial charge in [0.2, 0.25) is 0 Å². The fourth-order valence-corrected chi connectivity index (χ4v) is 3.84. The molecule has 0 aliphatic heterocycles. The molecule has 0 aromatic rings. The van der Waals surface area contributed by atoms with E-state index in [-0.39, 0.29) is 0 Å². The van der Waals surface area contributed by atoms with Gasteiger partial charge in [-0.2, -0.15) is 0 Å². The molecule has 0 amide bonds. The fraction of sp³-hybridized carbons (Fsp3) is 1.00. The molecule has 0 aliphatic carbocycles. The van der Waals surface area contributed by atoms with Crippen LogP contribution in [0.15, 0.2) is 0 Å². The van der Waals surface area contributed by atoms with Gasteiger partial charge < -0.3 is 8.85 Å². The van der Waals surface area contributed by atoms with E-state index in [0.29, 0.717) is 5.54 Å². The maximum atomic E-state index is 5.70. The van der Waals surface area contributed by atoms with Gasteiger partial charge in [-0.15, -0.1) is 0 Å². The third-order valence-corrected chi connectivity index (χ3v) is 5.13. The van der Waals surface area contributed by atoms with E-state index in [1.54, 1.807) is 0 Å². The van der Waals surface area contributed by atoms with E-state index in [1.807, 2.05) is 0 Å². The Morgan fingerprint density at radius 2 is 1.54 bits per heavy atom. The van der Waals surface area contributed by atoms with Crippen LogP contribution in [-0.2, 0) is 8.85 Å². The zero-order chi connectivity index (χ0) is 10.1. The Kier molecular flexibility index (Phi) is 8.81. The predicted molar refractivity (Wildman–Crippen MR) is 59.4 cm³/mol. The minimum Gasteiger partial charge on any atom is -0.397 e. The highest BCUT2D eigenvalue weighted by Gasteiger charge is 2.22. The Bertz CT molecular complexity index is 103. The van der Waals surface area contributed by atoms with Crippen molar-refractivity contribution in [3.05, 3.63) is 0 Å². The van der Waals surface area contributed by atoms with Crippen LogP contribution < -0.4 is 0 Å². The molecule has 0 heterocycles. The molecule has 0 N–H and O–H groups in total. The average Bonchev–Trinajstić information content (AvgIpc) is 2.14. The molecule has 0 spiro atoms. The molecule has 0 aromatic carbocycles. The lowest BCUT2D eigenvalue weighted by atomic mass is 10.2. The first kappa shape index (κ1) is 13.1. The van der Waals surface area contributed by atoms with Gasteiger partial charge in [0, 0.05) is 13.2 Å². The van der Waals surface area contributed by atoms with Crippen molar-refractivity contribution in [1.82, 2.24) is 0 Å². The quantitative estimate of drug-likeness (QED) is 0.566. The summed E-state index contributed by atoms with van der Waals surface area (Å²) < 4.78 is 11.4. The topological polar surface area (TPSA) is 18.5 Å². The van der Waals surface area contributed by atoms with Crippen LogP contribution in [0.3, 0.4) is 0 Å². The Hall–Kier alpha value is 0.137. The first-order chi connectivity index (χ1) is 6.29. The summed E-state index contributed by atoms with van der Waals surface area (Å²) in [6.07, 6.45) is 3.69. The standard InChI is InChI=1S/C10H24O2Si/c1-5-9-10(6-2)13(11-7-3)12-8-4/h10,13H,5-9H2,1-4H3. The van der Waals surface area contributed by atoms with E-state index in [1.165, 1.54) is 19.3 Å². The van der Waals surface area contributed by atoms with Crippen molar-refractivity contribution >= 4 is 9.28 Å². The second-order valence-electron chi connectivity index (χ2n) is 3.24. The van der Waals surface area contributed by atoms with Gasteiger partial charge in [-0.1, -0.05) is 26.7 Å². The van der Waals surface area contributed by atoms with Crippen LogP contribution in [0.4, 0.5) is 0 Å². The van der Waals surface area contributed by atoms with Crippen molar-refractivity contribution in [2.45, 2.75) is 52.5 Å². The third kappa shape index (κ3) is 5.44. The van der Waals surface area contributed by atoms with Crippen LogP contribution in [0.5, 0.6) is 0 Å². The molecule has 0 aliphatic rings. The summed E-state index contributed by atoms with van der Waals surface area (Å²) in [6, 6.07) is 0. The second kappa shape index (κ2) is 8.72. The van der Waals surface area contributed by atoms with Crippen molar-refractivity contribution < 1.29 is 8.85 Å². The van der Waals surface area contributed by atoms with E-state index >= 15 is 0 Å². The van der Waals surface area contributed by atoms with Crippen LogP contribution in [0, 0.1) is 0 Å². The first-order valence-electron chi connectivity index (χ1n) is 5.53. The van der Waals surface area contributed by atoms with Crippen LogP contribution in [0.1, 0.15) is 47.0 Å². The summed E-state index contributed by atoms with van der Waals surface area (Å²) in [5.74, 6) is 0. The van der Waals surface area contributed by atoms with Crippen molar-refractivity contribution in [1.29, 1.82) is 0 Å². The zero-order valence-electron chi connectivity index (χ0n) is 9.51. The molecule has 3 heteroatoms. The van der Waals surface area contributed by atoms with Gasteiger partial charge in [0.1, 0.15) is 0 Å². The van der Waals surface area contributed by atoms with Gasteiger partial charge in [0.25, 0.3) is 0 Å². The highest BCUT2D eigenvalue weighted by atomic mass is 28.3. The largest absolute Gasteiger partial charge is 0.397 e. The SMILES string of the molecule is CCCC(CC)[SiH](OCC)OCC. The summed E-state index contributed by atoms with van der Waals surface area (Å²) in [5.41, 5.74) is 0.699. The van der Waals surface area contributed by atoms with Crippen molar-refractivity contribution in [3.8, 4) is 0 Å². The van der Waals surface area contributed by atoms with Gasteiger partial charge in [-0.3, -0.25) is 0 Å². The minimum absolute atomic E-state index is 0.699. The Labute approximate surface area is 84.5 Å². The van der Waals surface area contributed by atoms with Crippen molar-refractivity contribution in [2.24, 2.45) is 0 Å². The number of hydrogen-bond acceptors (Lipinski definition) is 2. The Morgan fingerprint density at radius 1 is 1.00 bits per heavy atom. The summed E-state index contributed by atoms with van der Waals surface area (Å²) in [4.78, 5) is 0. The fourth-order valence-electron chi connectivity index (χ4n) is 1.55. The van der Waals surface area contributed by atoms with Crippen LogP contribution >= 0.6 is 0 Å². The molecule has 0 radical (unpaired) electrons. The second-order valence-corrected chi connectivity index (χ2v) is 5.58. The lowest BCUT2D eigenvalue weighted by Crippen LogP contribution is -2.29. The third-order valence-electron chi connectivity index (χ3n) is 2.23. The van der Waals surface area contributed by atoms with Gasteiger partial charge >= 0.3 is 9.28 Å². The van der Waals surface area contributed by atoms with Crippen molar-refractivity contribution in [3.63, 3.8) is 0 Å². The van der Waals surface area contributed by atoms with E-state index in [0.717, 1.165) is 13.2 Å². The molecule has 13 heavy (non-hydrogen) atoms. The molecule has 0 bridgehead atoms. The molecule has 2 nitrogen and oxygen atoms in total. The predicted octanol–water partition coefficient (Wildman–Crippen LogP) is 2.86. The van der Waals surface area contributed by atoms with E-state index in [2.05, 4.69) is 27.7 Å². The lowest BCUT2D eigenvalue weighted by molar-refractivity contribution is 0.201. The normalized spacial score (nSPS) is 13.6. The van der Waals surface area contributed by atoms with Gasteiger partial charge in [0.05, 0.1) is 0 Å². The highest BCUT2D eigenvalue weighted by Crippen LogP contribution is 2.22. The molecule has 0 aromatic heterocycles. The maximum absolute atomic E-state index is 5.70. The summed E-state index contributed by atoms with van der Waals surface area (Å²) in [7, 11) is -1.37. The van der Waals surface area contributed by atoms with Gasteiger partial charge in [-0.25, -0.2) is 0 Å². The molecule has 0 saturated carbocycles. The first-order valence-corrected chi connectivity index (χ1v) is 7.14. The number of rotatable bonds is 8. The number of hydrogen-bond donors (Lipinski definition) is 0.